The predicted molar refractivity (Wildman–Crippen MR) is 66.0 cm³/mol. The Bertz CT molecular complexity index is 595. The molecule has 0 saturated heterocycles. The number of aryl methyl sites for hydroxylation is 1. The quantitative estimate of drug-likeness (QED) is 0.880. The van der Waals surface area contributed by atoms with Crippen LogP contribution in [0.15, 0.2) is 24.0 Å². The molecule has 2 N–H and O–H groups in total. The minimum Gasteiger partial charge on any atom is -0.477 e. The van der Waals surface area contributed by atoms with Crippen LogP contribution in [-0.2, 0) is 0 Å². The third-order valence-corrected chi connectivity index (χ3v) is 3.29. The topological polar surface area (TPSA) is 92.2 Å². The summed E-state index contributed by atoms with van der Waals surface area (Å²) < 4.78 is 0. The summed E-state index contributed by atoms with van der Waals surface area (Å²) >= 11 is 1.07. The Kier molecular flexibility index (Phi) is 3.33. The fourth-order valence-corrected chi connectivity index (χ4v) is 2.19. The van der Waals surface area contributed by atoms with E-state index in [0.29, 0.717) is 11.3 Å². The van der Waals surface area contributed by atoms with Gasteiger partial charge in [-0.3, -0.25) is 9.78 Å². The first kappa shape index (κ1) is 12.2. The van der Waals surface area contributed by atoms with E-state index in [-0.39, 0.29) is 10.6 Å². The maximum absolute atomic E-state index is 11.8. The van der Waals surface area contributed by atoms with Crippen molar-refractivity contribution in [3.05, 3.63) is 40.1 Å². The number of amides is 1. The average molecular weight is 263 g/mol. The highest BCUT2D eigenvalue weighted by molar-refractivity contribution is 7.12. The second-order valence-corrected chi connectivity index (χ2v) is 4.35. The van der Waals surface area contributed by atoms with Crippen LogP contribution in [-0.4, -0.2) is 27.0 Å². The van der Waals surface area contributed by atoms with Gasteiger partial charge in [0.15, 0.2) is 0 Å². The number of carbonyl (C=O) groups is 2. The fraction of sp³-hybridized carbons (Fsp3) is 0.0909. The first-order chi connectivity index (χ1) is 8.59. The van der Waals surface area contributed by atoms with E-state index in [4.69, 9.17) is 5.11 Å². The second-order valence-electron chi connectivity index (χ2n) is 3.47. The van der Waals surface area contributed by atoms with Crippen LogP contribution in [0.3, 0.4) is 0 Å². The molecule has 92 valence electrons. The minimum absolute atomic E-state index is 0.102. The van der Waals surface area contributed by atoms with Crippen LogP contribution in [0.4, 0.5) is 5.69 Å². The highest BCUT2D eigenvalue weighted by atomic mass is 32.1. The van der Waals surface area contributed by atoms with Gasteiger partial charge in [-0.25, -0.2) is 9.78 Å². The number of carbonyl (C=O) groups excluding carboxylic acids is 1. The van der Waals surface area contributed by atoms with Crippen LogP contribution in [0.25, 0.3) is 0 Å². The minimum atomic E-state index is -1.07. The molecule has 2 aromatic rings. The Labute approximate surface area is 106 Å². The van der Waals surface area contributed by atoms with E-state index < -0.39 is 11.9 Å². The van der Waals surface area contributed by atoms with Crippen molar-refractivity contribution in [1.29, 1.82) is 0 Å². The van der Waals surface area contributed by atoms with Gasteiger partial charge in [0.05, 0.1) is 11.9 Å². The molecule has 2 rings (SSSR count). The standard InChI is InChI=1S/C11H9N3O3S/c1-6-5-18-9(11(16)17)8(6)14-10(15)7-4-12-2-3-13-7/h2-5H,1H3,(H,14,15)(H,16,17). The van der Waals surface area contributed by atoms with Gasteiger partial charge in [0, 0.05) is 12.4 Å². The van der Waals surface area contributed by atoms with Crippen molar-refractivity contribution in [3.8, 4) is 0 Å². The maximum atomic E-state index is 11.8. The van der Waals surface area contributed by atoms with Crippen LogP contribution in [0, 0.1) is 6.92 Å². The molecule has 18 heavy (non-hydrogen) atoms. The van der Waals surface area contributed by atoms with Crippen molar-refractivity contribution in [2.75, 3.05) is 5.32 Å². The number of aromatic nitrogens is 2. The van der Waals surface area contributed by atoms with E-state index in [0.717, 1.165) is 11.3 Å². The number of thiophene rings is 1. The normalized spacial score (nSPS) is 10.1. The number of rotatable bonds is 3. The molecular formula is C11H9N3O3S. The van der Waals surface area contributed by atoms with Gasteiger partial charge >= 0.3 is 5.97 Å². The largest absolute Gasteiger partial charge is 0.477 e. The van der Waals surface area contributed by atoms with E-state index in [9.17, 15) is 9.59 Å². The van der Waals surface area contributed by atoms with Crippen molar-refractivity contribution in [1.82, 2.24) is 9.97 Å². The van der Waals surface area contributed by atoms with E-state index in [1.54, 1.807) is 12.3 Å². The first-order valence-corrected chi connectivity index (χ1v) is 5.86. The van der Waals surface area contributed by atoms with Crippen molar-refractivity contribution in [2.24, 2.45) is 0 Å². The zero-order valence-electron chi connectivity index (χ0n) is 9.38. The lowest BCUT2D eigenvalue weighted by molar-refractivity contribution is 0.0703. The van der Waals surface area contributed by atoms with Gasteiger partial charge in [0.2, 0.25) is 0 Å². The molecule has 0 spiro atoms. The number of aromatic carboxylic acids is 1. The Morgan fingerprint density at radius 1 is 1.39 bits per heavy atom. The van der Waals surface area contributed by atoms with Gasteiger partial charge in [0.1, 0.15) is 10.6 Å². The summed E-state index contributed by atoms with van der Waals surface area (Å²) in [6.07, 6.45) is 4.17. The zero-order chi connectivity index (χ0) is 13.1. The lowest BCUT2D eigenvalue weighted by Gasteiger charge is -2.05. The highest BCUT2D eigenvalue weighted by Crippen LogP contribution is 2.27. The Morgan fingerprint density at radius 3 is 2.78 bits per heavy atom. The number of anilines is 1. The Balaban J connectivity index is 2.27. The van der Waals surface area contributed by atoms with Crippen LogP contribution in [0.5, 0.6) is 0 Å². The summed E-state index contributed by atoms with van der Waals surface area (Å²) in [4.78, 5) is 30.5. The highest BCUT2D eigenvalue weighted by Gasteiger charge is 2.18. The van der Waals surface area contributed by atoms with Gasteiger partial charge in [-0.1, -0.05) is 0 Å². The van der Waals surface area contributed by atoms with E-state index >= 15 is 0 Å². The summed E-state index contributed by atoms with van der Waals surface area (Å²) in [5.74, 6) is -1.55. The smallest absolute Gasteiger partial charge is 0.348 e. The molecule has 0 aliphatic carbocycles. The number of nitrogens with zero attached hydrogens (tertiary/aromatic N) is 2. The third kappa shape index (κ3) is 2.35. The molecule has 0 aliphatic rings. The number of nitrogens with one attached hydrogen (secondary N) is 1. The van der Waals surface area contributed by atoms with Crippen LogP contribution in [0.2, 0.25) is 0 Å². The third-order valence-electron chi connectivity index (χ3n) is 2.20. The fourth-order valence-electron chi connectivity index (χ4n) is 1.35. The molecule has 2 heterocycles. The van der Waals surface area contributed by atoms with E-state index in [1.165, 1.54) is 18.6 Å². The SMILES string of the molecule is Cc1csc(C(=O)O)c1NC(=O)c1cnccn1. The molecule has 0 aliphatic heterocycles. The summed E-state index contributed by atoms with van der Waals surface area (Å²) in [5, 5.41) is 13.2. The summed E-state index contributed by atoms with van der Waals surface area (Å²) in [5.41, 5.74) is 1.15. The summed E-state index contributed by atoms with van der Waals surface area (Å²) in [7, 11) is 0. The van der Waals surface area contributed by atoms with Gasteiger partial charge in [0.25, 0.3) is 5.91 Å². The molecule has 2 aromatic heterocycles. The lowest BCUT2D eigenvalue weighted by atomic mass is 10.2. The molecule has 0 radical (unpaired) electrons. The van der Waals surface area contributed by atoms with E-state index in [2.05, 4.69) is 15.3 Å². The van der Waals surface area contributed by atoms with Crippen LogP contribution < -0.4 is 5.32 Å². The van der Waals surface area contributed by atoms with Crippen LogP contribution >= 0.6 is 11.3 Å². The van der Waals surface area contributed by atoms with E-state index in [1.807, 2.05) is 0 Å². The molecule has 0 atom stereocenters. The average Bonchev–Trinajstić information content (AvgIpc) is 2.72. The summed E-state index contributed by atoms with van der Waals surface area (Å²) in [6, 6.07) is 0. The molecule has 0 unspecified atom stereocenters. The molecule has 0 aromatic carbocycles. The Morgan fingerprint density at radius 2 is 2.17 bits per heavy atom. The zero-order valence-corrected chi connectivity index (χ0v) is 10.2. The van der Waals surface area contributed by atoms with Crippen molar-refractivity contribution >= 4 is 28.9 Å². The van der Waals surface area contributed by atoms with Crippen molar-refractivity contribution in [3.63, 3.8) is 0 Å². The second kappa shape index (κ2) is 4.92. The number of hydrogen-bond donors (Lipinski definition) is 2. The number of hydrogen-bond acceptors (Lipinski definition) is 5. The molecule has 7 heteroatoms. The lowest BCUT2D eigenvalue weighted by Crippen LogP contribution is -2.15. The van der Waals surface area contributed by atoms with Crippen LogP contribution in [0.1, 0.15) is 25.7 Å². The number of carboxylic acid groups (broad SMARTS) is 1. The molecule has 6 nitrogen and oxygen atoms in total. The van der Waals surface area contributed by atoms with Crippen molar-refractivity contribution < 1.29 is 14.7 Å². The maximum Gasteiger partial charge on any atom is 0.348 e. The molecule has 0 fully saturated rings. The van der Waals surface area contributed by atoms with Gasteiger partial charge in [-0.05, 0) is 17.9 Å². The molecule has 0 saturated carbocycles. The van der Waals surface area contributed by atoms with Crippen molar-refractivity contribution in [2.45, 2.75) is 6.92 Å². The Hall–Kier alpha value is -2.28. The first-order valence-electron chi connectivity index (χ1n) is 4.98. The van der Waals surface area contributed by atoms with Gasteiger partial charge in [-0.2, -0.15) is 0 Å². The van der Waals surface area contributed by atoms with Gasteiger partial charge in [-0.15, -0.1) is 11.3 Å². The number of carboxylic acids is 1. The van der Waals surface area contributed by atoms with Gasteiger partial charge < -0.3 is 10.4 Å². The summed E-state index contributed by atoms with van der Waals surface area (Å²) in [6.45, 7) is 1.73. The molecule has 0 bridgehead atoms. The predicted octanol–water partition coefficient (Wildman–Crippen LogP) is 1.80. The monoisotopic (exact) mass is 263 g/mol. The molecular weight excluding hydrogens is 254 g/mol. The molecule has 1 amide bonds.